The van der Waals surface area contributed by atoms with E-state index in [1.807, 2.05) is 20.8 Å². The monoisotopic (exact) mass is 468 g/mol. The van der Waals surface area contributed by atoms with Gasteiger partial charge < -0.3 is 29.5 Å². The number of rotatable bonds is 4. The van der Waals surface area contributed by atoms with Crippen LogP contribution < -0.4 is 0 Å². The second kappa shape index (κ2) is 13.3. The first-order valence-electron chi connectivity index (χ1n) is 12.0. The number of aliphatic hydroxyl groups excluding tert-OH is 3. The number of cyclic esters (lactones) is 1. The van der Waals surface area contributed by atoms with Gasteiger partial charge in [0.25, 0.3) is 0 Å². The lowest BCUT2D eigenvalue weighted by atomic mass is 9.79. The van der Waals surface area contributed by atoms with Crippen LogP contribution in [0.1, 0.15) is 53.4 Å². The molecule has 0 aromatic rings. The summed E-state index contributed by atoms with van der Waals surface area (Å²) in [4.78, 5) is 25.3. The summed E-state index contributed by atoms with van der Waals surface area (Å²) in [7, 11) is 0. The molecule has 0 saturated carbocycles. The van der Waals surface area contributed by atoms with E-state index in [9.17, 15) is 24.9 Å². The second-order valence-electron chi connectivity index (χ2n) is 9.35. The standard InChI is InChI=1S/C25H40O8/c1-5-22-19(14-26)10-15(2)6-7-20(27)16(3)11-18(12-24-31-8-9-32-24)25(30)17(4)21(28)13-23(29)33-22/h6-7,10,16-19,21-22,24-26,28,30H,5,8-9,11-14H2,1-4H3/b7-6+,15-10+. The Bertz CT molecular complexity index is 697. The van der Waals surface area contributed by atoms with E-state index in [4.69, 9.17) is 14.2 Å². The Hall–Kier alpha value is -1.58. The molecule has 2 aliphatic heterocycles. The summed E-state index contributed by atoms with van der Waals surface area (Å²) in [5, 5.41) is 31.6. The van der Waals surface area contributed by atoms with Crippen molar-refractivity contribution in [2.75, 3.05) is 19.8 Å². The Labute approximate surface area is 196 Å². The predicted octanol–water partition coefficient (Wildman–Crippen LogP) is 2.16. The second-order valence-corrected chi connectivity index (χ2v) is 9.35. The fourth-order valence-corrected chi connectivity index (χ4v) is 4.49. The summed E-state index contributed by atoms with van der Waals surface area (Å²) >= 11 is 0. The van der Waals surface area contributed by atoms with Crippen molar-refractivity contribution in [3.63, 3.8) is 0 Å². The molecule has 7 atom stereocenters. The molecular formula is C25H40O8. The summed E-state index contributed by atoms with van der Waals surface area (Å²) in [6, 6.07) is 0. The molecule has 0 bridgehead atoms. The highest BCUT2D eigenvalue weighted by molar-refractivity contribution is 5.91. The van der Waals surface area contributed by atoms with E-state index in [1.165, 1.54) is 6.08 Å². The summed E-state index contributed by atoms with van der Waals surface area (Å²) in [6.45, 7) is 7.91. The average Bonchev–Trinajstić information content (AvgIpc) is 3.30. The van der Waals surface area contributed by atoms with E-state index in [0.717, 1.165) is 5.57 Å². The van der Waals surface area contributed by atoms with E-state index >= 15 is 0 Å². The number of allylic oxidation sites excluding steroid dienone is 3. The molecule has 8 heteroatoms. The van der Waals surface area contributed by atoms with Gasteiger partial charge in [0, 0.05) is 24.2 Å². The van der Waals surface area contributed by atoms with Gasteiger partial charge in [-0.1, -0.05) is 38.5 Å². The number of ether oxygens (including phenoxy) is 3. The van der Waals surface area contributed by atoms with Gasteiger partial charge in [-0.2, -0.15) is 0 Å². The highest BCUT2D eigenvalue weighted by Gasteiger charge is 2.35. The molecule has 188 valence electrons. The van der Waals surface area contributed by atoms with Crippen molar-refractivity contribution in [3.05, 3.63) is 23.8 Å². The summed E-state index contributed by atoms with van der Waals surface area (Å²) in [5.74, 6) is -2.46. The van der Waals surface area contributed by atoms with E-state index < -0.39 is 42.4 Å². The summed E-state index contributed by atoms with van der Waals surface area (Å²) in [5.41, 5.74) is 0.772. The Morgan fingerprint density at radius 2 is 1.76 bits per heavy atom. The molecule has 0 aliphatic carbocycles. The van der Waals surface area contributed by atoms with Crippen molar-refractivity contribution in [3.8, 4) is 0 Å². The Balaban J connectivity index is 2.32. The maximum Gasteiger partial charge on any atom is 0.308 e. The zero-order valence-corrected chi connectivity index (χ0v) is 20.2. The molecule has 8 nitrogen and oxygen atoms in total. The predicted molar refractivity (Wildman–Crippen MR) is 122 cm³/mol. The Morgan fingerprint density at radius 1 is 1.09 bits per heavy atom. The number of carbonyl (C=O) groups excluding carboxylic acids is 2. The van der Waals surface area contributed by atoms with E-state index in [0.29, 0.717) is 32.5 Å². The van der Waals surface area contributed by atoms with Gasteiger partial charge in [0.1, 0.15) is 6.10 Å². The van der Waals surface area contributed by atoms with Crippen LogP contribution in [0.4, 0.5) is 0 Å². The maximum atomic E-state index is 12.8. The van der Waals surface area contributed by atoms with Gasteiger partial charge in [-0.05, 0) is 31.8 Å². The number of hydrogen-bond acceptors (Lipinski definition) is 8. The SMILES string of the molecule is CCC1OC(=O)CC(O)C(C)C(O)C(CC2OCCO2)CC(C)C(=O)/C=C/C(C)=C/C1CO. The smallest absolute Gasteiger partial charge is 0.308 e. The topological polar surface area (TPSA) is 123 Å². The summed E-state index contributed by atoms with van der Waals surface area (Å²) in [6.07, 6.45) is 2.86. The Kier molecular flexibility index (Phi) is 11.2. The van der Waals surface area contributed by atoms with Crippen molar-refractivity contribution in [1.82, 2.24) is 0 Å². The van der Waals surface area contributed by atoms with Crippen LogP contribution in [0.5, 0.6) is 0 Å². The molecule has 0 spiro atoms. The molecule has 33 heavy (non-hydrogen) atoms. The lowest BCUT2D eigenvalue weighted by molar-refractivity contribution is -0.156. The number of aliphatic hydroxyl groups is 3. The van der Waals surface area contributed by atoms with Gasteiger partial charge in [0.2, 0.25) is 0 Å². The van der Waals surface area contributed by atoms with Crippen LogP contribution in [0, 0.1) is 23.7 Å². The molecule has 3 N–H and O–H groups in total. The van der Waals surface area contributed by atoms with Crippen molar-refractivity contribution in [1.29, 1.82) is 0 Å². The van der Waals surface area contributed by atoms with Crippen LogP contribution in [0.3, 0.4) is 0 Å². The minimum atomic E-state index is -1.12. The number of hydrogen-bond donors (Lipinski definition) is 3. The first-order valence-corrected chi connectivity index (χ1v) is 12.0. The number of ketones is 1. The van der Waals surface area contributed by atoms with E-state index in [-0.39, 0.29) is 30.6 Å². The molecule has 0 amide bonds. The van der Waals surface area contributed by atoms with Gasteiger partial charge in [-0.3, -0.25) is 9.59 Å². The Morgan fingerprint density at radius 3 is 2.36 bits per heavy atom. The molecule has 2 heterocycles. The lowest BCUT2D eigenvalue weighted by Gasteiger charge is -2.33. The molecule has 1 saturated heterocycles. The molecule has 0 radical (unpaired) electrons. The van der Waals surface area contributed by atoms with Crippen LogP contribution in [0.15, 0.2) is 23.8 Å². The minimum Gasteiger partial charge on any atom is -0.462 e. The normalized spacial score (nSPS) is 38.5. The van der Waals surface area contributed by atoms with E-state index in [2.05, 4.69) is 0 Å². The van der Waals surface area contributed by atoms with Crippen molar-refractivity contribution < 1.29 is 39.1 Å². The molecule has 1 fully saturated rings. The summed E-state index contributed by atoms with van der Waals surface area (Å²) < 4.78 is 16.7. The van der Waals surface area contributed by atoms with Gasteiger partial charge in [-0.15, -0.1) is 0 Å². The highest BCUT2D eigenvalue weighted by Crippen LogP contribution is 2.31. The molecule has 0 aromatic heterocycles. The first-order chi connectivity index (χ1) is 15.7. The molecule has 2 rings (SSSR count). The van der Waals surface area contributed by atoms with Crippen LogP contribution >= 0.6 is 0 Å². The van der Waals surface area contributed by atoms with Crippen LogP contribution in [0.2, 0.25) is 0 Å². The highest BCUT2D eigenvalue weighted by atomic mass is 16.7. The van der Waals surface area contributed by atoms with Crippen molar-refractivity contribution in [2.24, 2.45) is 23.7 Å². The molecule has 7 unspecified atom stereocenters. The molecule has 0 aromatic carbocycles. The quantitative estimate of drug-likeness (QED) is 0.537. The molecule has 2 aliphatic rings. The van der Waals surface area contributed by atoms with Gasteiger partial charge in [-0.25, -0.2) is 0 Å². The van der Waals surface area contributed by atoms with Crippen molar-refractivity contribution in [2.45, 2.75) is 78.0 Å². The average molecular weight is 469 g/mol. The third kappa shape index (κ3) is 8.30. The van der Waals surface area contributed by atoms with Gasteiger partial charge in [0.15, 0.2) is 12.1 Å². The third-order valence-electron chi connectivity index (χ3n) is 6.69. The van der Waals surface area contributed by atoms with Gasteiger partial charge in [0.05, 0.1) is 38.4 Å². The molecular weight excluding hydrogens is 428 g/mol. The largest absolute Gasteiger partial charge is 0.462 e. The maximum absolute atomic E-state index is 12.8. The lowest BCUT2D eigenvalue weighted by Crippen LogP contribution is -2.39. The first kappa shape index (κ1) is 27.7. The number of esters is 1. The van der Waals surface area contributed by atoms with E-state index in [1.54, 1.807) is 19.1 Å². The third-order valence-corrected chi connectivity index (χ3v) is 6.69. The van der Waals surface area contributed by atoms with Crippen LogP contribution in [-0.4, -0.2) is 71.5 Å². The fraction of sp³-hybridized carbons (Fsp3) is 0.760. The zero-order chi connectivity index (χ0) is 24.5. The zero-order valence-electron chi connectivity index (χ0n) is 20.2. The van der Waals surface area contributed by atoms with Crippen LogP contribution in [-0.2, 0) is 23.8 Å². The van der Waals surface area contributed by atoms with Crippen molar-refractivity contribution >= 4 is 11.8 Å². The number of carbonyl (C=O) groups is 2. The fourth-order valence-electron chi connectivity index (χ4n) is 4.49. The van der Waals surface area contributed by atoms with Gasteiger partial charge >= 0.3 is 5.97 Å². The minimum absolute atomic E-state index is 0.0764. The van der Waals surface area contributed by atoms with Crippen LogP contribution in [0.25, 0.3) is 0 Å².